The van der Waals surface area contributed by atoms with Crippen LogP contribution in [0.4, 0.5) is 0 Å². The molecule has 2 aromatic carbocycles. The number of nitrogens with one attached hydrogen (secondary N) is 1. The lowest BCUT2D eigenvalue weighted by Gasteiger charge is -2.32. The molecule has 1 atom stereocenters. The van der Waals surface area contributed by atoms with E-state index in [1.54, 1.807) is 0 Å². The van der Waals surface area contributed by atoms with Crippen LogP contribution in [-0.2, 0) is 4.79 Å². The van der Waals surface area contributed by atoms with Crippen molar-refractivity contribution in [1.29, 1.82) is 0 Å². The minimum Gasteiger partial charge on any atom is -0.457 e. The zero-order chi connectivity index (χ0) is 21.9. The second-order valence-electron chi connectivity index (χ2n) is 8.10. The lowest BCUT2D eigenvalue weighted by Crippen LogP contribution is -2.38. The number of nitrogens with zero attached hydrogens (tertiary/aromatic N) is 2. The maximum Gasteiger partial charge on any atom is 0.245 e. The molecule has 2 aromatic heterocycles. The summed E-state index contributed by atoms with van der Waals surface area (Å²) in [7, 11) is 0. The SMILES string of the molecule is C=CC(=O)N1CCCC(c2nc(-c3ccc(Oc4ccccc4)cc3)cc3[nH]ccc23)C1. The first kappa shape index (κ1) is 20.1. The van der Waals surface area contributed by atoms with Crippen molar-refractivity contribution in [2.24, 2.45) is 0 Å². The van der Waals surface area contributed by atoms with Crippen molar-refractivity contribution in [3.8, 4) is 22.8 Å². The molecule has 0 spiro atoms. The smallest absolute Gasteiger partial charge is 0.245 e. The fourth-order valence-electron chi connectivity index (χ4n) is 4.39. The predicted molar refractivity (Wildman–Crippen MR) is 127 cm³/mol. The molecule has 1 aliphatic rings. The van der Waals surface area contributed by atoms with Gasteiger partial charge in [-0.2, -0.15) is 0 Å². The van der Waals surface area contributed by atoms with Gasteiger partial charge in [0.2, 0.25) is 5.91 Å². The summed E-state index contributed by atoms with van der Waals surface area (Å²) in [5.41, 5.74) is 4.04. The van der Waals surface area contributed by atoms with Gasteiger partial charge >= 0.3 is 0 Å². The van der Waals surface area contributed by atoms with Crippen LogP contribution in [0.15, 0.2) is 85.6 Å². The zero-order valence-electron chi connectivity index (χ0n) is 17.8. The number of benzene rings is 2. The number of H-pyrrole nitrogens is 1. The number of hydrogen-bond acceptors (Lipinski definition) is 3. The van der Waals surface area contributed by atoms with Gasteiger partial charge < -0.3 is 14.6 Å². The molecule has 1 saturated heterocycles. The van der Waals surface area contributed by atoms with Crippen molar-refractivity contribution in [2.45, 2.75) is 18.8 Å². The van der Waals surface area contributed by atoms with Gasteiger partial charge in [0.25, 0.3) is 0 Å². The van der Waals surface area contributed by atoms with Crippen molar-refractivity contribution in [3.63, 3.8) is 0 Å². The number of carbonyl (C=O) groups is 1. The fraction of sp³-hybridized carbons (Fsp3) is 0.185. The minimum absolute atomic E-state index is 0.00910. The highest BCUT2D eigenvalue weighted by Crippen LogP contribution is 2.34. The number of para-hydroxylation sites is 1. The molecular formula is C27H25N3O2. The minimum atomic E-state index is -0.00910. The van der Waals surface area contributed by atoms with Crippen molar-refractivity contribution in [3.05, 3.63) is 91.3 Å². The number of pyridine rings is 1. The number of ether oxygens (including phenoxy) is 1. The van der Waals surface area contributed by atoms with E-state index in [-0.39, 0.29) is 11.8 Å². The van der Waals surface area contributed by atoms with Crippen molar-refractivity contribution in [1.82, 2.24) is 14.9 Å². The van der Waals surface area contributed by atoms with Crippen LogP contribution in [-0.4, -0.2) is 33.9 Å². The van der Waals surface area contributed by atoms with Gasteiger partial charge in [0, 0.05) is 41.7 Å². The van der Waals surface area contributed by atoms with E-state index >= 15 is 0 Å². The quantitative estimate of drug-likeness (QED) is 0.406. The number of carbonyl (C=O) groups excluding carboxylic acids is 1. The third-order valence-electron chi connectivity index (χ3n) is 6.00. The van der Waals surface area contributed by atoms with Crippen LogP contribution in [0.3, 0.4) is 0 Å². The summed E-state index contributed by atoms with van der Waals surface area (Å²) in [6, 6.07) is 21.9. The zero-order valence-corrected chi connectivity index (χ0v) is 17.8. The van der Waals surface area contributed by atoms with Crippen molar-refractivity contribution >= 4 is 16.8 Å². The van der Waals surface area contributed by atoms with Crippen molar-refractivity contribution in [2.75, 3.05) is 13.1 Å². The molecule has 1 unspecified atom stereocenters. The highest BCUT2D eigenvalue weighted by atomic mass is 16.5. The lowest BCUT2D eigenvalue weighted by molar-refractivity contribution is -0.127. The van der Waals surface area contributed by atoms with Gasteiger partial charge in [-0.3, -0.25) is 9.78 Å². The number of piperidine rings is 1. The van der Waals surface area contributed by atoms with Crippen LogP contribution in [0.2, 0.25) is 0 Å². The molecule has 1 fully saturated rings. The van der Waals surface area contributed by atoms with Crippen molar-refractivity contribution < 1.29 is 9.53 Å². The maximum atomic E-state index is 12.2. The Labute approximate surface area is 187 Å². The molecule has 3 heterocycles. The summed E-state index contributed by atoms with van der Waals surface area (Å²) in [5, 5.41) is 1.12. The van der Waals surface area contributed by atoms with Gasteiger partial charge in [0.05, 0.1) is 11.4 Å². The Balaban J connectivity index is 1.45. The molecule has 5 nitrogen and oxygen atoms in total. The molecular weight excluding hydrogens is 398 g/mol. The van der Waals surface area contributed by atoms with Gasteiger partial charge in [-0.15, -0.1) is 0 Å². The third kappa shape index (κ3) is 4.02. The number of fused-ring (bicyclic) bond motifs is 1. The van der Waals surface area contributed by atoms with E-state index in [1.807, 2.05) is 65.7 Å². The van der Waals surface area contributed by atoms with Crippen LogP contribution in [0.25, 0.3) is 22.2 Å². The van der Waals surface area contributed by atoms with Crippen LogP contribution in [0.5, 0.6) is 11.5 Å². The Hall–Kier alpha value is -3.86. The molecule has 0 radical (unpaired) electrons. The van der Waals surface area contributed by atoms with Gasteiger partial charge in [0.1, 0.15) is 11.5 Å². The van der Waals surface area contributed by atoms with Crippen LogP contribution >= 0.6 is 0 Å². The number of aromatic amines is 1. The van der Waals surface area contributed by atoms with E-state index in [9.17, 15) is 4.79 Å². The van der Waals surface area contributed by atoms with E-state index < -0.39 is 0 Å². The molecule has 1 amide bonds. The summed E-state index contributed by atoms with van der Waals surface area (Å²) < 4.78 is 5.92. The number of hydrogen-bond donors (Lipinski definition) is 1. The molecule has 1 N–H and O–H groups in total. The molecule has 0 saturated carbocycles. The van der Waals surface area contributed by atoms with Gasteiger partial charge in [-0.1, -0.05) is 24.8 Å². The first-order chi connectivity index (χ1) is 15.7. The van der Waals surface area contributed by atoms with Gasteiger partial charge in [-0.05, 0) is 67.4 Å². The maximum absolute atomic E-state index is 12.2. The van der Waals surface area contributed by atoms with Crippen LogP contribution < -0.4 is 4.74 Å². The van der Waals surface area contributed by atoms with Crippen LogP contribution in [0, 0.1) is 0 Å². The normalized spacial score (nSPS) is 16.1. The van der Waals surface area contributed by atoms with E-state index in [2.05, 4.69) is 23.7 Å². The predicted octanol–water partition coefficient (Wildman–Crippen LogP) is 5.91. The second-order valence-corrected chi connectivity index (χ2v) is 8.10. The molecule has 1 aliphatic heterocycles. The second kappa shape index (κ2) is 8.71. The van der Waals surface area contributed by atoms with E-state index in [0.717, 1.165) is 58.7 Å². The topological polar surface area (TPSA) is 58.2 Å². The molecule has 160 valence electrons. The lowest BCUT2D eigenvalue weighted by atomic mass is 9.91. The Kier molecular flexibility index (Phi) is 5.46. The van der Waals surface area contributed by atoms with Gasteiger partial charge in [-0.25, -0.2) is 0 Å². The molecule has 0 bridgehead atoms. The van der Waals surface area contributed by atoms with E-state index in [1.165, 1.54) is 6.08 Å². The largest absolute Gasteiger partial charge is 0.457 e. The summed E-state index contributed by atoms with van der Waals surface area (Å²) in [4.78, 5) is 22.5. The Morgan fingerprint density at radius 2 is 1.88 bits per heavy atom. The number of amides is 1. The monoisotopic (exact) mass is 423 g/mol. The highest BCUT2D eigenvalue weighted by Gasteiger charge is 2.26. The summed E-state index contributed by atoms with van der Waals surface area (Å²) in [5.74, 6) is 1.79. The number of likely N-dealkylation sites (tertiary alicyclic amines) is 1. The standard InChI is InChI=1S/C27H25N3O2/c1-2-26(31)30-16-6-7-20(18-30)27-23-14-15-28-25(23)17-24(29-27)19-10-12-22(13-11-19)32-21-8-4-3-5-9-21/h2-5,8-15,17,20,28H,1,6-7,16,18H2. The summed E-state index contributed by atoms with van der Waals surface area (Å²) in [6.45, 7) is 5.09. The average Bonchev–Trinajstić information content (AvgIpc) is 3.33. The average molecular weight is 424 g/mol. The van der Waals surface area contributed by atoms with Crippen LogP contribution in [0.1, 0.15) is 24.5 Å². The first-order valence-corrected chi connectivity index (χ1v) is 10.9. The Morgan fingerprint density at radius 3 is 2.66 bits per heavy atom. The van der Waals surface area contributed by atoms with E-state index in [4.69, 9.17) is 9.72 Å². The Morgan fingerprint density at radius 1 is 1.09 bits per heavy atom. The van der Waals surface area contributed by atoms with E-state index in [0.29, 0.717) is 6.54 Å². The van der Waals surface area contributed by atoms with Gasteiger partial charge in [0.15, 0.2) is 0 Å². The molecule has 0 aliphatic carbocycles. The third-order valence-corrected chi connectivity index (χ3v) is 6.00. The molecule has 4 aromatic rings. The molecule has 32 heavy (non-hydrogen) atoms. The number of aromatic nitrogens is 2. The molecule has 5 heteroatoms. The molecule has 5 rings (SSSR count). The summed E-state index contributed by atoms with van der Waals surface area (Å²) in [6.07, 6.45) is 5.33. The Bertz CT molecular complexity index is 1250. The highest BCUT2D eigenvalue weighted by molar-refractivity contribution is 5.88. The summed E-state index contributed by atoms with van der Waals surface area (Å²) >= 11 is 0. The fourth-order valence-corrected chi connectivity index (χ4v) is 4.39. The first-order valence-electron chi connectivity index (χ1n) is 10.9. The number of rotatable bonds is 5.